The van der Waals surface area contributed by atoms with Crippen LogP contribution in [0.2, 0.25) is 0 Å². The molecule has 1 aliphatic heterocycles. The van der Waals surface area contributed by atoms with Crippen molar-refractivity contribution in [3.8, 4) is 5.75 Å². The highest BCUT2D eigenvalue weighted by atomic mass is 16.6. The molecule has 0 radical (unpaired) electrons. The minimum Gasteiger partial charge on any atom is -0.497 e. The van der Waals surface area contributed by atoms with E-state index in [1.165, 1.54) is 0 Å². The fourth-order valence-corrected chi connectivity index (χ4v) is 5.30. The predicted octanol–water partition coefficient (Wildman–Crippen LogP) is 5.96. The lowest BCUT2D eigenvalue weighted by atomic mass is 9.82. The molecule has 7 heteroatoms. The largest absolute Gasteiger partial charge is 0.497 e. The van der Waals surface area contributed by atoms with Crippen LogP contribution in [0.3, 0.4) is 0 Å². The highest BCUT2D eigenvalue weighted by molar-refractivity contribution is 5.79. The molecule has 1 heterocycles. The molecule has 1 saturated heterocycles. The lowest BCUT2D eigenvalue weighted by Crippen LogP contribution is -2.48. The number of likely N-dealkylation sites (tertiary alicyclic amines) is 1. The van der Waals surface area contributed by atoms with Gasteiger partial charge in [-0.15, -0.1) is 0 Å². The van der Waals surface area contributed by atoms with Crippen molar-refractivity contribution in [2.75, 3.05) is 13.7 Å². The molecular weight excluding hydrogens is 468 g/mol. The summed E-state index contributed by atoms with van der Waals surface area (Å²) < 4.78 is 11.2. The number of hydrogen-bond donors (Lipinski definition) is 2. The maximum atomic E-state index is 13.7. The Morgan fingerprint density at radius 3 is 2.24 bits per heavy atom. The minimum absolute atomic E-state index is 0.0311. The Labute approximate surface area is 224 Å². The lowest BCUT2D eigenvalue weighted by Gasteiger charge is -2.36. The first kappa shape index (κ1) is 30.9. The van der Waals surface area contributed by atoms with Gasteiger partial charge in [0.05, 0.1) is 25.3 Å². The first-order chi connectivity index (χ1) is 17.3. The van der Waals surface area contributed by atoms with Crippen LogP contribution in [0.5, 0.6) is 5.75 Å². The van der Waals surface area contributed by atoms with Gasteiger partial charge in [0.1, 0.15) is 11.4 Å². The summed E-state index contributed by atoms with van der Waals surface area (Å²) in [6.45, 7) is 16.6. The van der Waals surface area contributed by atoms with E-state index < -0.39 is 23.8 Å². The van der Waals surface area contributed by atoms with Gasteiger partial charge in [-0.1, -0.05) is 53.2 Å². The number of unbranched alkanes of at least 4 members (excludes halogenated alkanes) is 1. The summed E-state index contributed by atoms with van der Waals surface area (Å²) in [4.78, 5) is 28.4. The maximum absolute atomic E-state index is 13.7. The van der Waals surface area contributed by atoms with Crippen molar-refractivity contribution in [1.82, 2.24) is 10.2 Å². The van der Waals surface area contributed by atoms with E-state index in [1.54, 1.807) is 12.0 Å². The molecule has 0 aliphatic carbocycles. The third-order valence-electron chi connectivity index (χ3n) is 7.40. The quantitative estimate of drug-likeness (QED) is 0.353. The van der Waals surface area contributed by atoms with Gasteiger partial charge in [0.15, 0.2) is 0 Å². The van der Waals surface area contributed by atoms with Crippen molar-refractivity contribution in [1.29, 1.82) is 0 Å². The van der Waals surface area contributed by atoms with Crippen molar-refractivity contribution >= 4 is 12.0 Å². The number of aliphatic hydroxyl groups is 1. The molecule has 37 heavy (non-hydrogen) atoms. The maximum Gasteiger partial charge on any atom is 0.411 e. The van der Waals surface area contributed by atoms with E-state index in [4.69, 9.17) is 9.47 Å². The average molecular weight is 519 g/mol. The summed E-state index contributed by atoms with van der Waals surface area (Å²) in [7, 11) is 1.63. The fourth-order valence-electron chi connectivity index (χ4n) is 5.30. The summed E-state index contributed by atoms with van der Waals surface area (Å²) >= 11 is 0. The standard InChI is InChI=1S/C30H50N2O5/c1-10-11-16-31-28(34)24(20(4)5)18-26(33)25-17-23(19(2)3)27(21-12-14-22(36-9)15-13-21)32(25)29(35)37-30(6,7)8/h12-15,19-20,23-27,33H,10-11,16-18H2,1-9H3,(H,31,34)/t23-,24-,25-,26-,27-/m0/s1. The van der Waals surface area contributed by atoms with Crippen molar-refractivity contribution in [3.63, 3.8) is 0 Å². The second kappa shape index (κ2) is 13.5. The van der Waals surface area contributed by atoms with Crippen molar-refractivity contribution in [2.24, 2.45) is 23.7 Å². The van der Waals surface area contributed by atoms with E-state index in [9.17, 15) is 14.7 Å². The van der Waals surface area contributed by atoms with E-state index in [0.29, 0.717) is 19.4 Å². The number of nitrogens with one attached hydrogen (secondary N) is 1. The number of carbonyl (C=O) groups excluding carboxylic acids is 2. The van der Waals surface area contributed by atoms with Gasteiger partial charge in [0, 0.05) is 12.5 Å². The number of ether oxygens (including phenoxy) is 2. The molecule has 0 unspecified atom stereocenters. The predicted molar refractivity (Wildman–Crippen MR) is 147 cm³/mol. The zero-order chi connectivity index (χ0) is 27.9. The number of amides is 2. The topological polar surface area (TPSA) is 88.1 Å². The van der Waals surface area contributed by atoms with Gasteiger partial charge in [-0.25, -0.2) is 4.79 Å². The molecule has 2 N–H and O–H groups in total. The molecule has 7 nitrogen and oxygen atoms in total. The van der Waals surface area contributed by atoms with Crippen LogP contribution in [-0.4, -0.2) is 53.4 Å². The van der Waals surface area contributed by atoms with E-state index in [2.05, 4.69) is 26.1 Å². The van der Waals surface area contributed by atoms with Gasteiger partial charge in [-0.3, -0.25) is 9.69 Å². The second-order valence-electron chi connectivity index (χ2n) is 12.1. The van der Waals surface area contributed by atoms with Crippen LogP contribution in [0, 0.1) is 23.7 Å². The molecule has 1 aliphatic rings. The van der Waals surface area contributed by atoms with Crippen LogP contribution in [0.25, 0.3) is 0 Å². The third kappa shape index (κ3) is 8.36. The van der Waals surface area contributed by atoms with Crippen molar-refractivity contribution in [2.45, 2.75) is 105 Å². The Morgan fingerprint density at radius 2 is 1.76 bits per heavy atom. The van der Waals surface area contributed by atoms with Crippen molar-refractivity contribution < 1.29 is 24.2 Å². The van der Waals surface area contributed by atoms with Crippen LogP contribution in [0.4, 0.5) is 4.79 Å². The molecule has 1 aromatic carbocycles. The van der Waals surface area contributed by atoms with E-state index in [0.717, 1.165) is 24.2 Å². The molecule has 210 valence electrons. The highest BCUT2D eigenvalue weighted by Crippen LogP contribution is 2.47. The molecule has 0 spiro atoms. The number of benzene rings is 1. The van der Waals surface area contributed by atoms with Gasteiger partial charge in [-0.05, 0) is 75.5 Å². The zero-order valence-corrected chi connectivity index (χ0v) is 24.4. The van der Waals surface area contributed by atoms with Gasteiger partial charge in [-0.2, -0.15) is 0 Å². The summed E-state index contributed by atoms with van der Waals surface area (Å²) in [5.41, 5.74) is 0.310. The Kier molecular flexibility index (Phi) is 11.3. The molecule has 2 amide bonds. The number of nitrogens with zero attached hydrogens (tertiary/aromatic N) is 1. The summed E-state index contributed by atoms with van der Waals surface area (Å²) in [5, 5.41) is 14.6. The van der Waals surface area contributed by atoms with Crippen LogP contribution < -0.4 is 10.1 Å². The molecule has 0 bridgehead atoms. The Morgan fingerprint density at radius 1 is 1.14 bits per heavy atom. The van der Waals surface area contributed by atoms with Gasteiger partial charge in [0.25, 0.3) is 0 Å². The highest BCUT2D eigenvalue weighted by Gasteiger charge is 2.50. The molecular formula is C30H50N2O5. The summed E-state index contributed by atoms with van der Waals surface area (Å²) in [6, 6.07) is 7.07. The average Bonchev–Trinajstić information content (AvgIpc) is 3.22. The summed E-state index contributed by atoms with van der Waals surface area (Å²) in [6.07, 6.45) is 1.56. The molecule has 5 atom stereocenters. The van der Waals surface area contributed by atoms with E-state index in [-0.39, 0.29) is 35.6 Å². The number of rotatable bonds is 11. The fraction of sp³-hybridized carbons (Fsp3) is 0.733. The SMILES string of the molecule is CCCCNC(=O)[C@@H](C[C@H](O)[C@@H]1C[C@@H](C(C)C)[C@H](c2ccc(OC)cc2)N1C(=O)OC(C)(C)C)C(C)C. The van der Waals surface area contributed by atoms with Crippen LogP contribution in [0.15, 0.2) is 24.3 Å². The van der Waals surface area contributed by atoms with Crippen molar-refractivity contribution in [3.05, 3.63) is 29.8 Å². The number of methoxy groups -OCH3 is 1. The van der Waals surface area contributed by atoms with Gasteiger partial charge >= 0.3 is 6.09 Å². The van der Waals surface area contributed by atoms with Gasteiger partial charge < -0.3 is 19.9 Å². The summed E-state index contributed by atoms with van der Waals surface area (Å²) in [5.74, 6) is 0.827. The Hall–Kier alpha value is -2.28. The minimum atomic E-state index is -0.860. The zero-order valence-electron chi connectivity index (χ0n) is 24.4. The molecule has 0 aromatic heterocycles. The smallest absolute Gasteiger partial charge is 0.411 e. The molecule has 1 fully saturated rings. The number of hydrogen-bond acceptors (Lipinski definition) is 5. The first-order valence-corrected chi connectivity index (χ1v) is 13.9. The molecule has 0 saturated carbocycles. The third-order valence-corrected chi connectivity index (χ3v) is 7.40. The Balaban J connectivity index is 2.43. The van der Waals surface area contributed by atoms with Crippen LogP contribution in [-0.2, 0) is 9.53 Å². The number of aliphatic hydroxyl groups excluding tert-OH is 1. The number of carbonyl (C=O) groups is 2. The van der Waals surface area contributed by atoms with Crippen LogP contribution >= 0.6 is 0 Å². The first-order valence-electron chi connectivity index (χ1n) is 13.9. The van der Waals surface area contributed by atoms with Gasteiger partial charge in [0.2, 0.25) is 5.91 Å². The Bertz CT molecular complexity index is 862. The van der Waals surface area contributed by atoms with E-state index in [1.807, 2.05) is 58.9 Å². The normalized spacial score (nSPS) is 21.7. The second-order valence-corrected chi connectivity index (χ2v) is 12.1. The van der Waals surface area contributed by atoms with E-state index >= 15 is 0 Å². The van der Waals surface area contributed by atoms with Crippen LogP contribution in [0.1, 0.15) is 92.7 Å². The monoisotopic (exact) mass is 518 g/mol. The molecule has 2 rings (SSSR count). The molecule has 1 aromatic rings. The lowest BCUT2D eigenvalue weighted by molar-refractivity contribution is -0.127.